The van der Waals surface area contributed by atoms with E-state index in [1.165, 1.54) is 154 Å². The Hall–Kier alpha value is -2.32. The normalized spacial score (nSPS) is 14.5. The Morgan fingerprint density at radius 1 is 0.493 bits per heavy atom. The van der Waals surface area contributed by atoms with Crippen molar-refractivity contribution in [3.63, 3.8) is 0 Å². The third-order valence-corrected chi connectivity index (χ3v) is 14.4. The SMILES string of the molecule is CC/C=C\C/C=C\C/C=C\C/C=C\C/C=C\C/C=C\C/C=C\CCCCCCCCCCCCCCCCCCCCCC(=O)NC(COP(=O)([O-])OCC[N+](C)(C)C)C(O)CCCCCCCCCCCC. The molecule has 0 saturated heterocycles. The number of carbonyl (C=O) groups is 1. The van der Waals surface area contributed by atoms with E-state index in [9.17, 15) is 19.4 Å². The molecule has 2 N–H and O–H groups in total. The number of carbonyl (C=O) groups excluding carboxylic acids is 1. The van der Waals surface area contributed by atoms with Crippen LogP contribution in [0.15, 0.2) is 85.1 Å². The molecule has 424 valence electrons. The van der Waals surface area contributed by atoms with Crippen LogP contribution in [0.25, 0.3) is 0 Å². The number of quaternary nitrogens is 1. The predicted molar refractivity (Wildman–Crippen MR) is 316 cm³/mol. The average molecular weight is 1040 g/mol. The van der Waals surface area contributed by atoms with Crippen molar-refractivity contribution in [2.75, 3.05) is 40.9 Å². The number of unbranched alkanes of at least 4 members (excludes halogenated alkanes) is 28. The quantitative estimate of drug-likeness (QED) is 0.0272. The lowest BCUT2D eigenvalue weighted by molar-refractivity contribution is -0.870. The number of aliphatic hydroxyl groups is 1. The molecule has 0 bridgehead atoms. The van der Waals surface area contributed by atoms with Gasteiger partial charge in [-0.2, -0.15) is 0 Å². The van der Waals surface area contributed by atoms with Gasteiger partial charge in [0.2, 0.25) is 5.91 Å². The molecule has 0 spiro atoms. The maximum atomic E-state index is 12.9. The summed E-state index contributed by atoms with van der Waals surface area (Å²) < 4.78 is 23.3. The van der Waals surface area contributed by atoms with Gasteiger partial charge in [-0.25, -0.2) is 0 Å². The first-order chi connectivity index (χ1) is 35.5. The molecule has 9 heteroatoms. The van der Waals surface area contributed by atoms with Gasteiger partial charge in [-0.15, -0.1) is 0 Å². The van der Waals surface area contributed by atoms with Crippen LogP contribution in [0.3, 0.4) is 0 Å². The van der Waals surface area contributed by atoms with Crippen molar-refractivity contribution < 1.29 is 32.9 Å². The molecule has 3 atom stereocenters. The summed E-state index contributed by atoms with van der Waals surface area (Å²) in [6, 6.07) is -0.800. The lowest BCUT2D eigenvalue weighted by Gasteiger charge is -2.30. The van der Waals surface area contributed by atoms with E-state index in [4.69, 9.17) is 9.05 Å². The summed E-state index contributed by atoms with van der Waals surface area (Å²) in [5, 5.41) is 13.9. The number of rotatable bonds is 55. The zero-order chi connectivity index (χ0) is 53.5. The number of phosphoric acid groups is 1. The number of nitrogens with zero attached hydrogens (tertiary/aromatic N) is 1. The summed E-state index contributed by atoms with van der Waals surface area (Å²) in [4.78, 5) is 25.4. The monoisotopic (exact) mass is 1040 g/mol. The Morgan fingerprint density at radius 3 is 1.22 bits per heavy atom. The first-order valence-electron chi connectivity index (χ1n) is 30.4. The molecule has 0 aliphatic rings. The molecule has 0 aliphatic heterocycles. The fourth-order valence-corrected chi connectivity index (χ4v) is 9.39. The van der Waals surface area contributed by atoms with Crippen LogP contribution in [0.4, 0.5) is 0 Å². The highest BCUT2D eigenvalue weighted by Gasteiger charge is 2.24. The Labute approximate surface area is 452 Å². The van der Waals surface area contributed by atoms with Gasteiger partial charge in [0, 0.05) is 6.42 Å². The average Bonchev–Trinajstić information content (AvgIpc) is 3.35. The third-order valence-electron chi connectivity index (χ3n) is 13.4. The molecular weight excluding hydrogens is 924 g/mol. The third kappa shape index (κ3) is 57.2. The molecule has 0 aromatic heterocycles. The molecule has 1 amide bonds. The zero-order valence-electron chi connectivity index (χ0n) is 48.3. The molecule has 0 aromatic carbocycles. The molecule has 3 unspecified atom stereocenters. The van der Waals surface area contributed by atoms with Gasteiger partial charge in [-0.3, -0.25) is 9.36 Å². The van der Waals surface area contributed by atoms with E-state index in [0.29, 0.717) is 23.9 Å². The van der Waals surface area contributed by atoms with Crippen LogP contribution in [0.2, 0.25) is 0 Å². The van der Waals surface area contributed by atoms with Crippen LogP contribution in [-0.4, -0.2) is 68.5 Å². The van der Waals surface area contributed by atoms with Gasteiger partial charge in [-0.1, -0.05) is 272 Å². The number of likely N-dealkylation sites (N-methyl/N-ethyl adjacent to an activating group) is 1. The van der Waals surface area contributed by atoms with Crippen LogP contribution in [0.5, 0.6) is 0 Å². The summed E-state index contributed by atoms with van der Waals surface area (Å²) >= 11 is 0. The highest BCUT2D eigenvalue weighted by atomic mass is 31.2. The maximum Gasteiger partial charge on any atom is 0.268 e. The summed E-state index contributed by atoms with van der Waals surface area (Å²) in [5.41, 5.74) is 0. The maximum absolute atomic E-state index is 12.9. The second-order valence-electron chi connectivity index (χ2n) is 21.7. The molecule has 0 fully saturated rings. The highest BCUT2D eigenvalue weighted by Crippen LogP contribution is 2.38. The fourth-order valence-electron chi connectivity index (χ4n) is 8.67. The van der Waals surface area contributed by atoms with Gasteiger partial charge < -0.3 is 28.8 Å². The van der Waals surface area contributed by atoms with Gasteiger partial charge in [0.25, 0.3) is 7.82 Å². The fraction of sp³-hybridized carbons (Fsp3) is 0.766. The van der Waals surface area contributed by atoms with Crippen molar-refractivity contribution >= 4 is 13.7 Å². The lowest BCUT2D eigenvalue weighted by Crippen LogP contribution is -2.46. The van der Waals surface area contributed by atoms with Crippen LogP contribution < -0.4 is 10.2 Å². The van der Waals surface area contributed by atoms with Gasteiger partial charge in [0.15, 0.2) is 0 Å². The minimum absolute atomic E-state index is 0.0113. The Kier molecular flexibility index (Phi) is 52.7. The summed E-state index contributed by atoms with van der Waals surface area (Å²) in [6.07, 6.45) is 76.5. The van der Waals surface area contributed by atoms with Crippen LogP contribution in [-0.2, 0) is 18.4 Å². The standard InChI is InChI=1S/C64H117N2O6P/c1-6-8-10-12-14-16-18-19-20-21-22-23-24-25-26-27-28-29-30-31-32-33-34-35-36-37-38-39-40-41-42-43-44-45-46-47-48-50-52-54-56-58-64(68)65-62(61-72-73(69,70)71-60-59-66(3,4)5)63(67)57-55-53-51-49-17-15-13-11-9-7-2/h8,10,14,16,19-20,22-23,25-26,28-29,31-32,62-63,67H,6-7,9,11-13,15,17-18,21,24,27,30,33-61H2,1-5H3,(H-,65,68,69,70)/b10-8-,16-14-,20-19-,23-22-,26-25-,29-28-,32-31-. The van der Waals surface area contributed by atoms with Gasteiger partial charge in [0.05, 0.1) is 39.9 Å². The number of aliphatic hydroxyl groups excluding tert-OH is 1. The second kappa shape index (κ2) is 54.5. The van der Waals surface area contributed by atoms with E-state index in [-0.39, 0.29) is 19.1 Å². The highest BCUT2D eigenvalue weighted by molar-refractivity contribution is 7.45. The van der Waals surface area contributed by atoms with Gasteiger partial charge >= 0.3 is 0 Å². The van der Waals surface area contributed by atoms with Crippen molar-refractivity contribution in [3.8, 4) is 0 Å². The molecule has 73 heavy (non-hydrogen) atoms. The largest absolute Gasteiger partial charge is 0.756 e. The van der Waals surface area contributed by atoms with Crippen molar-refractivity contribution in [2.24, 2.45) is 0 Å². The first kappa shape index (κ1) is 70.7. The summed E-state index contributed by atoms with van der Waals surface area (Å²) in [6.45, 7) is 4.59. The van der Waals surface area contributed by atoms with Crippen molar-refractivity contribution in [1.82, 2.24) is 5.32 Å². The second-order valence-corrected chi connectivity index (χ2v) is 23.1. The van der Waals surface area contributed by atoms with Crippen LogP contribution in [0.1, 0.15) is 264 Å². The van der Waals surface area contributed by atoms with Crippen LogP contribution in [0, 0.1) is 0 Å². The van der Waals surface area contributed by atoms with Crippen molar-refractivity contribution in [1.29, 1.82) is 0 Å². The van der Waals surface area contributed by atoms with Gasteiger partial charge in [0.1, 0.15) is 13.2 Å². The molecule has 0 saturated carbocycles. The van der Waals surface area contributed by atoms with E-state index in [0.717, 1.165) is 83.5 Å². The molecule has 0 heterocycles. The van der Waals surface area contributed by atoms with E-state index in [2.05, 4.69) is 104 Å². The van der Waals surface area contributed by atoms with E-state index < -0.39 is 20.0 Å². The summed E-state index contributed by atoms with van der Waals surface area (Å²) in [7, 11) is 1.31. The zero-order valence-corrected chi connectivity index (χ0v) is 49.2. The number of allylic oxidation sites excluding steroid dienone is 14. The van der Waals surface area contributed by atoms with E-state index in [1.807, 2.05) is 21.1 Å². The minimum atomic E-state index is -4.57. The van der Waals surface area contributed by atoms with Crippen molar-refractivity contribution in [3.05, 3.63) is 85.1 Å². The number of hydrogen-bond donors (Lipinski definition) is 2. The molecular formula is C64H117N2O6P. The Morgan fingerprint density at radius 2 is 0.836 bits per heavy atom. The Balaban J connectivity index is 3.86. The van der Waals surface area contributed by atoms with Crippen molar-refractivity contribution in [2.45, 2.75) is 276 Å². The minimum Gasteiger partial charge on any atom is -0.756 e. The number of amides is 1. The number of nitrogens with one attached hydrogen (secondary N) is 1. The Bertz CT molecular complexity index is 1460. The summed E-state index contributed by atoms with van der Waals surface area (Å²) in [5.74, 6) is -0.166. The predicted octanol–water partition coefficient (Wildman–Crippen LogP) is 18.2. The first-order valence-corrected chi connectivity index (χ1v) is 31.9. The van der Waals surface area contributed by atoms with Gasteiger partial charge in [-0.05, 0) is 70.6 Å². The number of hydrogen-bond acceptors (Lipinski definition) is 6. The van der Waals surface area contributed by atoms with E-state index >= 15 is 0 Å². The molecule has 0 aliphatic carbocycles. The lowest BCUT2D eigenvalue weighted by atomic mass is 10.0. The molecule has 0 rings (SSSR count). The molecule has 0 aromatic rings. The smallest absolute Gasteiger partial charge is 0.268 e. The molecule has 0 radical (unpaired) electrons. The van der Waals surface area contributed by atoms with Crippen LogP contribution >= 0.6 is 7.82 Å². The number of phosphoric ester groups is 1. The molecule has 8 nitrogen and oxygen atoms in total. The topological polar surface area (TPSA) is 108 Å². The van der Waals surface area contributed by atoms with E-state index in [1.54, 1.807) is 0 Å².